The SMILES string of the molecule is C.O=C(N1CCC(COc2ccccn2)CC1)C12CC3CC(CC(C3)C1)C2. The van der Waals surface area contributed by atoms with Crippen LogP contribution in [0.4, 0.5) is 0 Å². The summed E-state index contributed by atoms with van der Waals surface area (Å²) in [6, 6.07) is 5.77. The standard InChI is InChI=1S/C22H30N2O2.CH4/c25-21(22-12-17-9-18(13-22)11-19(10-17)14-22)24-7-4-16(5-8-24)15-26-20-3-1-2-6-23-20;/h1-3,6,16-19H,4-5,7-15H2;1H4. The highest BCUT2D eigenvalue weighted by atomic mass is 16.5. The summed E-state index contributed by atoms with van der Waals surface area (Å²) in [5.74, 6) is 4.27. The average molecular weight is 371 g/mol. The van der Waals surface area contributed by atoms with Gasteiger partial charge in [-0.2, -0.15) is 0 Å². The van der Waals surface area contributed by atoms with E-state index in [1.54, 1.807) is 6.20 Å². The average Bonchev–Trinajstić information content (AvgIpc) is 2.66. The van der Waals surface area contributed by atoms with Crippen molar-refractivity contribution in [1.82, 2.24) is 9.88 Å². The number of hydrogen-bond donors (Lipinski definition) is 0. The molecule has 1 amide bonds. The lowest BCUT2D eigenvalue weighted by Gasteiger charge is -2.57. The first kappa shape index (κ1) is 18.8. The zero-order chi connectivity index (χ0) is 17.6. The van der Waals surface area contributed by atoms with Gasteiger partial charge in [-0.3, -0.25) is 4.79 Å². The van der Waals surface area contributed by atoms with Crippen LogP contribution in [0.3, 0.4) is 0 Å². The lowest BCUT2D eigenvalue weighted by atomic mass is 9.49. The molecule has 6 rings (SSSR count). The third-order valence-corrected chi connectivity index (χ3v) is 7.50. The summed E-state index contributed by atoms with van der Waals surface area (Å²) in [6.07, 6.45) is 11.6. The Morgan fingerprint density at radius 1 is 1.07 bits per heavy atom. The van der Waals surface area contributed by atoms with Crippen molar-refractivity contribution in [3.63, 3.8) is 0 Å². The fourth-order valence-corrected chi connectivity index (χ4v) is 6.65. The first-order chi connectivity index (χ1) is 12.7. The number of piperidine rings is 1. The number of hydrogen-bond acceptors (Lipinski definition) is 3. The summed E-state index contributed by atoms with van der Waals surface area (Å²) < 4.78 is 5.83. The number of carbonyl (C=O) groups excluding carboxylic acids is 1. The van der Waals surface area contributed by atoms with Crippen LogP contribution in [0.1, 0.15) is 58.8 Å². The van der Waals surface area contributed by atoms with E-state index in [2.05, 4.69) is 9.88 Å². The normalized spacial score (nSPS) is 35.0. The lowest BCUT2D eigenvalue weighted by molar-refractivity contribution is -0.159. The van der Waals surface area contributed by atoms with E-state index in [4.69, 9.17) is 4.74 Å². The van der Waals surface area contributed by atoms with Crippen LogP contribution in [0.5, 0.6) is 5.88 Å². The number of rotatable bonds is 4. The van der Waals surface area contributed by atoms with Gasteiger partial charge in [-0.25, -0.2) is 4.98 Å². The number of likely N-dealkylation sites (tertiary alicyclic amines) is 1. The predicted octanol–water partition coefficient (Wildman–Crippen LogP) is 4.55. The van der Waals surface area contributed by atoms with Crippen LogP contribution in [0, 0.1) is 29.1 Å². The number of amides is 1. The van der Waals surface area contributed by atoms with E-state index in [0.29, 0.717) is 17.7 Å². The second-order valence-corrected chi connectivity index (χ2v) is 9.41. The van der Waals surface area contributed by atoms with Crippen molar-refractivity contribution < 1.29 is 9.53 Å². The number of nitrogens with zero attached hydrogens (tertiary/aromatic N) is 2. The van der Waals surface area contributed by atoms with Gasteiger partial charge in [0, 0.05) is 25.4 Å². The van der Waals surface area contributed by atoms with Gasteiger partial charge in [0.15, 0.2) is 0 Å². The van der Waals surface area contributed by atoms with E-state index >= 15 is 0 Å². The van der Waals surface area contributed by atoms with Crippen molar-refractivity contribution in [1.29, 1.82) is 0 Å². The van der Waals surface area contributed by atoms with E-state index in [-0.39, 0.29) is 12.8 Å². The first-order valence-corrected chi connectivity index (χ1v) is 10.5. The highest BCUT2D eigenvalue weighted by Gasteiger charge is 2.55. The second kappa shape index (κ2) is 7.44. The molecular formula is C23H34N2O2. The van der Waals surface area contributed by atoms with Gasteiger partial charge < -0.3 is 9.64 Å². The molecule has 4 aliphatic carbocycles. The molecule has 0 N–H and O–H groups in total. The first-order valence-electron chi connectivity index (χ1n) is 10.5. The van der Waals surface area contributed by atoms with Crippen LogP contribution >= 0.6 is 0 Å². The largest absolute Gasteiger partial charge is 0.477 e. The van der Waals surface area contributed by atoms with E-state index in [9.17, 15) is 4.79 Å². The van der Waals surface area contributed by atoms with Crippen molar-refractivity contribution in [3.8, 4) is 5.88 Å². The third kappa shape index (κ3) is 3.60. The molecule has 1 aliphatic heterocycles. The number of aromatic nitrogens is 1. The smallest absolute Gasteiger partial charge is 0.228 e. The summed E-state index contributed by atoms with van der Waals surface area (Å²) >= 11 is 0. The monoisotopic (exact) mass is 370 g/mol. The van der Waals surface area contributed by atoms with E-state index < -0.39 is 0 Å². The maximum absolute atomic E-state index is 13.4. The van der Waals surface area contributed by atoms with E-state index in [0.717, 1.165) is 50.3 Å². The minimum Gasteiger partial charge on any atom is -0.477 e. The predicted molar refractivity (Wildman–Crippen MR) is 106 cm³/mol. The van der Waals surface area contributed by atoms with Crippen molar-refractivity contribution in [2.75, 3.05) is 19.7 Å². The Bertz CT molecular complexity index is 616. The topological polar surface area (TPSA) is 42.4 Å². The van der Waals surface area contributed by atoms with Gasteiger partial charge in [0.25, 0.3) is 0 Å². The number of pyridine rings is 1. The molecule has 0 radical (unpaired) electrons. The Kier molecular flexibility index (Phi) is 5.17. The van der Waals surface area contributed by atoms with Gasteiger partial charge >= 0.3 is 0 Å². The Morgan fingerprint density at radius 2 is 1.70 bits per heavy atom. The Labute approximate surface area is 163 Å². The van der Waals surface area contributed by atoms with Crippen molar-refractivity contribution in [3.05, 3.63) is 24.4 Å². The molecule has 1 aromatic heterocycles. The molecule has 27 heavy (non-hydrogen) atoms. The highest BCUT2D eigenvalue weighted by Crippen LogP contribution is 2.60. The van der Waals surface area contributed by atoms with Crippen LogP contribution in [0.25, 0.3) is 0 Å². The van der Waals surface area contributed by atoms with Gasteiger partial charge in [0.05, 0.1) is 12.0 Å². The summed E-state index contributed by atoms with van der Waals surface area (Å²) in [4.78, 5) is 19.8. The summed E-state index contributed by atoms with van der Waals surface area (Å²) in [6.45, 7) is 2.55. The maximum Gasteiger partial charge on any atom is 0.228 e. The second-order valence-electron chi connectivity index (χ2n) is 9.41. The van der Waals surface area contributed by atoms with Crippen LogP contribution < -0.4 is 4.74 Å². The van der Waals surface area contributed by atoms with Gasteiger partial charge in [-0.05, 0) is 81.1 Å². The molecule has 4 nitrogen and oxygen atoms in total. The molecule has 148 valence electrons. The molecule has 2 heterocycles. The Hall–Kier alpha value is -1.58. The number of carbonyl (C=O) groups is 1. The van der Waals surface area contributed by atoms with Crippen molar-refractivity contribution in [2.45, 2.75) is 58.8 Å². The van der Waals surface area contributed by atoms with Gasteiger partial charge in [-0.1, -0.05) is 13.5 Å². The lowest BCUT2D eigenvalue weighted by Crippen LogP contribution is -2.55. The molecular weight excluding hydrogens is 336 g/mol. The minimum atomic E-state index is 0. The van der Waals surface area contributed by atoms with E-state index in [1.165, 1.54) is 38.5 Å². The summed E-state index contributed by atoms with van der Waals surface area (Å²) in [5.41, 5.74) is 0.0199. The third-order valence-electron chi connectivity index (χ3n) is 7.50. The van der Waals surface area contributed by atoms with Crippen LogP contribution in [-0.2, 0) is 4.79 Å². The minimum absolute atomic E-state index is 0. The van der Waals surface area contributed by atoms with Gasteiger partial charge in [0.1, 0.15) is 0 Å². The Balaban J connectivity index is 0.00000180. The van der Waals surface area contributed by atoms with Crippen LogP contribution in [0.15, 0.2) is 24.4 Å². The van der Waals surface area contributed by atoms with Crippen LogP contribution in [-0.4, -0.2) is 35.5 Å². The van der Waals surface area contributed by atoms with E-state index in [1.807, 2.05) is 18.2 Å². The van der Waals surface area contributed by atoms with Crippen molar-refractivity contribution >= 4 is 5.91 Å². The van der Waals surface area contributed by atoms with Crippen molar-refractivity contribution in [2.24, 2.45) is 29.1 Å². The fourth-order valence-electron chi connectivity index (χ4n) is 6.65. The molecule has 1 aromatic rings. The molecule has 4 bridgehead atoms. The van der Waals surface area contributed by atoms with Gasteiger partial charge in [0.2, 0.25) is 11.8 Å². The molecule has 0 spiro atoms. The Morgan fingerprint density at radius 3 is 2.26 bits per heavy atom. The summed E-state index contributed by atoms with van der Waals surface area (Å²) in [5, 5.41) is 0. The fraction of sp³-hybridized carbons (Fsp3) is 0.739. The molecule has 0 unspecified atom stereocenters. The quantitative estimate of drug-likeness (QED) is 0.781. The zero-order valence-electron chi connectivity index (χ0n) is 15.6. The molecule has 4 saturated carbocycles. The number of ether oxygens (including phenoxy) is 1. The van der Waals surface area contributed by atoms with Gasteiger partial charge in [-0.15, -0.1) is 0 Å². The molecule has 0 aromatic carbocycles. The molecule has 4 heteroatoms. The molecule has 5 fully saturated rings. The molecule has 5 aliphatic rings. The molecule has 1 saturated heterocycles. The highest BCUT2D eigenvalue weighted by molar-refractivity contribution is 5.83. The van der Waals surface area contributed by atoms with Crippen LogP contribution in [0.2, 0.25) is 0 Å². The maximum atomic E-state index is 13.4. The summed E-state index contributed by atoms with van der Waals surface area (Å²) in [7, 11) is 0. The zero-order valence-corrected chi connectivity index (χ0v) is 15.6. The molecule has 0 atom stereocenters.